The van der Waals surface area contributed by atoms with E-state index >= 15 is 0 Å². The van der Waals surface area contributed by atoms with Gasteiger partial charge in [0.1, 0.15) is 5.01 Å². The summed E-state index contributed by atoms with van der Waals surface area (Å²) in [5.74, 6) is -0.354. The van der Waals surface area contributed by atoms with Gasteiger partial charge in [-0.2, -0.15) is 0 Å². The minimum atomic E-state index is -0.486. The van der Waals surface area contributed by atoms with E-state index in [1.165, 1.54) is 17.4 Å². The third kappa shape index (κ3) is 3.19. The van der Waals surface area contributed by atoms with Crippen LogP contribution in [0.15, 0.2) is 42.5 Å². The molecule has 0 saturated heterocycles. The summed E-state index contributed by atoms with van der Waals surface area (Å²) in [6.07, 6.45) is 0. The summed E-state index contributed by atoms with van der Waals surface area (Å²) in [4.78, 5) is 27.1. The summed E-state index contributed by atoms with van der Waals surface area (Å²) in [5.41, 5.74) is 1.63. The minimum Gasteiger partial charge on any atom is -0.346 e. The molecule has 23 heavy (non-hydrogen) atoms. The Morgan fingerprint density at radius 1 is 1.30 bits per heavy atom. The molecule has 0 aliphatic rings. The van der Waals surface area contributed by atoms with Crippen LogP contribution in [0.2, 0.25) is 0 Å². The van der Waals surface area contributed by atoms with Crippen LogP contribution < -0.4 is 5.32 Å². The predicted octanol–water partition coefficient (Wildman–Crippen LogP) is 3.44. The highest BCUT2D eigenvalue weighted by molar-refractivity contribution is 7.18. The van der Waals surface area contributed by atoms with Crippen LogP contribution in [0.5, 0.6) is 0 Å². The van der Waals surface area contributed by atoms with Crippen molar-refractivity contribution in [1.29, 1.82) is 0 Å². The highest BCUT2D eigenvalue weighted by Crippen LogP contribution is 2.22. The number of hydrogen-bond donors (Lipinski definition) is 1. The monoisotopic (exact) mass is 327 g/mol. The van der Waals surface area contributed by atoms with Crippen molar-refractivity contribution < 1.29 is 9.72 Å². The van der Waals surface area contributed by atoms with E-state index in [1.54, 1.807) is 19.1 Å². The molecule has 1 aromatic heterocycles. The zero-order valence-corrected chi connectivity index (χ0v) is 13.1. The molecule has 0 fully saturated rings. The molecule has 1 N–H and O–H groups in total. The largest absolute Gasteiger partial charge is 0.346 e. The zero-order valence-electron chi connectivity index (χ0n) is 12.3. The Labute approximate surface area is 135 Å². The van der Waals surface area contributed by atoms with E-state index in [9.17, 15) is 14.9 Å². The van der Waals surface area contributed by atoms with Crippen molar-refractivity contribution in [3.63, 3.8) is 0 Å². The average Bonchev–Trinajstić information content (AvgIpc) is 2.95. The first-order valence-electron chi connectivity index (χ1n) is 6.92. The van der Waals surface area contributed by atoms with Crippen LogP contribution in [0.1, 0.15) is 20.9 Å². The number of nitro groups is 1. The van der Waals surface area contributed by atoms with Crippen molar-refractivity contribution >= 4 is 33.1 Å². The Bertz CT molecular complexity index is 871. The van der Waals surface area contributed by atoms with Crippen molar-refractivity contribution in [2.45, 2.75) is 13.5 Å². The highest BCUT2D eigenvalue weighted by atomic mass is 32.1. The first-order valence-corrected chi connectivity index (χ1v) is 7.74. The molecule has 1 amide bonds. The molecule has 0 aliphatic heterocycles. The lowest BCUT2D eigenvalue weighted by Gasteiger charge is -2.04. The zero-order chi connectivity index (χ0) is 16.4. The number of carbonyl (C=O) groups is 1. The Morgan fingerprint density at radius 2 is 2.09 bits per heavy atom. The number of nitro benzene ring substituents is 1. The van der Waals surface area contributed by atoms with Gasteiger partial charge in [-0.1, -0.05) is 18.2 Å². The fourth-order valence-electron chi connectivity index (χ4n) is 2.20. The third-order valence-corrected chi connectivity index (χ3v) is 4.44. The normalized spacial score (nSPS) is 10.7. The summed E-state index contributed by atoms with van der Waals surface area (Å²) in [7, 11) is 0. The lowest BCUT2D eigenvalue weighted by molar-refractivity contribution is -0.385. The van der Waals surface area contributed by atoms with E-state index in [-0.39, 0.29) is 17.2 Å². The number of aryl methyl sites for hydroxylation is 1. The molecule has 0 saturated carbocycles. The van der Waals surface area contributed by atoms with E-state index in [0.29, 0.717) is 12.1 Å². The summed E-state index contributed by atoms with van der Waals surface area (Å²) in [6, 6.07) is 12.2. The second-order valence-corrected chi connectivity index (χ2v) is 6.13. The maximum absolute atomic E-state index is 12.2. The number of amides is 1. The minimum absolute atomic E-state index is 0.0577. The van der Waals surface area contributed by atoms with Crippen LogP contribution >= 0.6 is 11.3 Å². The Balaban J connectivity index is 1.74. The number of aromatic nitrogens is 1. The fraction of sp³-hybridized carbons (Fsp3) is 0.125. The van der Waals surface area contributed by atoms with Gasteiger partial charge in [-0.15, -0.1) is 11.3 Å². The standard InChI is InChI=1S/C16H13N3O3S/c1-10-6-7-11(8-13(10)19(21)22)16(20)17-9-15-18-12-4-2-3-5-14(12)23-15/h2-8H,9H2,1H3,(H,17,20). The molecule has 0 atom stereocenters. The lowest BCUT2D eigenvalue weighted by Crippen LogP contribution is -2.22. The Hall–Kier alpha value is -2.80. The number of rotatable bonds is 4. The quantitative estimate of drug-likeness (QED) is 0.587. The van der Waals surface area contributed by atoms with Gasteiger partial charge >= 0.3 is 0 Å². The van der Waals surface area contributed by atoms with Crippen molar-refractivity contribution in [2.75, 3.05) is 0 Å². The van der Waals surface area contributed by atoms with Crippen LogP contribution in [0.25, 0.3) is 10.2 Å². The van der Waals surface area contributed by atoms with Gasteiger partial charge in [0.15, 0.2) is 0 Å². The number of para-hydroxylation sites is 1. The van der Waals surface area contributed by atoms with Gasteiger partial charge in [0.2, 0.25) is 0 Å². The maximum atomic E-state index is 12.2. The van der Waals surface area contributed by atoms with Crippen LogP contribution in [0.4, 0.5) is 5.69 Å². The predicted molar refractivity (Wildman–Crippen MR) is 88.6 cm³/mol. The van der Waals surface area contributed by atoms with E-state index < -0.39 is 4.92 Å². The van der Waals surface area contributed by atoms with Crippen molar-refractivity contribution in [1.82, 2.24) is 10.3 Å². The average molecular weight is 327 g/mol. The van der Waals surface area contributed by atoms with Gasteiger partial charge in [-0.3, -0.25) is 14.9 Å². The summed E-state index contributed by atoms with van der Waals surface area (Å²) in [6.45, 7) is 1.93. The number of nitrogens with one attached hydrogen (secondary N) is 1. The molecule has 3 aromatic rings. The molecule has 7 heteroatoms. The van der Waals surface area contributed by atoms with Gasteiger partial charge in [0, 0.05) is 17.2 Å². The topological polar surface area (TPSA) is 85.1 Å². The van der Waals surface area contributed by atoms with Crippen LogP contribution in [-0.4, -0.2) is 15.8 Å². The molecule has 0 aliphatic carbocycles. The van der Waals surface area contributed by atoms with E-state index in [4.69, 9.17) is 0 Å². The van der Waals surface area contributed by atoms with Gasteiger partial charge in [-0.05, 0) is 25.1 Å². The SMILES string of the molecule is Cc1ccc(C(=O)NCc2nc3ccccc3s2)cc1[N+](=O)[O-]. The molecule has 0 spiro atoms. The van der Waals surface area contributed by atoms with Crippen LogP contribution in [0, 0.1) is 17.0 Å². The number of hydrogen-bond acceptors (Lipinski definition) is 5. The molecule has 116 valence electrons. The second-order valence-electron chi connectivity index (χ2n) is 5.02. The molecule has 0 bridgehead atoms. The number of thiazole rings is 1. The van der Waals surface area contributed by atoms with E-state index in [0.717, 1.165) is 15.2 Å². The van der Waals surface area contributed by atoms with Gasteiger partial charge < -0.3 is 5.32 Å². The smallest absolute Gasteiger partial charge is 0.273 e. The number of fused-ring (bicyclic) bond motifs is 1. The molecule has 1 heterocycles. The molecular weight excluding hydrogens is 314 g/mol. The number of benzene rings is 2. The number of nitrogens with zero attached hydrogens (tertiary/aromatic N) is 2. The van der Waals surface area contributed by atoms with Crippen molar-refractivity contribution in [3.8, 4) is 0 Å². The van der Waals surface area contributed by atoms with Gasteiger partial charge in [0.05, 0.1) is 21.7 Å². The van der Waals surface area contributed by atoms with Gasteiger partial charge in [-0.25, -0.2) is 4.98 Å². The third-order valence-electron chi connectivity index (χ3n) is 3.41. The summed E-state index contributed by atoms with van der Waals surface area (Å²) < 4.78 is 1.06. The molecule has 2 aromatic carbocycles. The highest BCUT2D eigenvalue weighted by Gasteiger charge is 2.15. The van der Waals surface area contributed by atoms with Gasteiger partial charge in [0.25, 0.3) is 11.6 Å². The number of carbonyl (C=O) groups excluding carboxylic acids is 1. The fourth-order valence-corrected chi connectivity index (χ4v) is 3.11. The maximum Gasteiger partial charge on any atom is 0.273 e. The van der Waals surface area contributed by atoms with Crippen molar-refractivity contribution in [2.24, 2.45) is 0 Å². The van der Waals surface area contributed by atoms with Crippen LogP contribution in [0.3, 0.4) is 0 Å². The van der Waals surface area contributed by atoms with E-state index in [2.05, 4.69) is 10.3 Å². The first-order chi connectivity index (χ1) is 11.0. The summed E-state index contributed by atoms with van der Waals surface area (Å²) >= 11 is 1.51. The molecule has 0 unspecified atom stereocenters. The summed E-state index contributed by atoms with van der Waals surface area (Å²) in [5, 5.41) is 14.5. The van der Waals surface area contributed by atoms with Crippen LogP contribution in [-0.2, 0) is 6.54 Å². The molecule has 6 nitrogen and oxygen atoms in total. The van der Waals surface area contributed by atoms with Crippen molar-refractivity contribution in [3.05, 3.63) is 68.7 Å². The molecule has 3 rings (SSSR count). The second kappa shape index (κ2) is 6.13. The van der Waals surface area contributed by atoms with E-state index in [1.807, 2.05) is 24.3 Å². The first kappa shape index (κ1) is 15.1. The molecule has 0 radical (unpaired) electrons. The Kier molecular flexibility index (Phi) is 4.03. The lowest BCUT2D eigenvalue weighted by atomic mass is 10.1. The molecular formula is C16H13N3O3S. The Morgan fingerprint density at radius 3 is 2.83 bits per heavy atom.